The molecule has 1 saturated carbocycles. The van der Waals surface area contributed by atoms with Gasteiger partial charge in [0.05, 0.1) is 23.0 Å². The van der Waals surface area contributed by atoms with Gasteiger partial charge in [-0.3, -0.25) is 14.6 Å². The van der Waals surface area contributed by atoms with E-state index in [2.05, 4.69) is 11.6 Å². The number of phenolic OH excluding ortho intramolecular Hbond substituents is 1. The molecular formula is C29H28F3N5O3. The smallest absolute Gasteiger partial charge is 0.433 e. The first-order valence-corrected chi connectivity index (χ1v) is 13.3. The highest BCUT2D eigenvalue weighted by molar-refractivity contribution is 5.94. The van der Waals surface area contributed by atoms with Crippen LogP contribution in [0.1, 0.15) is 69.8 Å². The Morgan fingerprint density at radius 1 is 1.10 bits per heavy atom. The minimum absolute atomic E-state index is 0.0282. The summed E-state index contributed by atoms with van der Waals surface area (Å²) in [6, 6.07) is 7.05. The van der Waals surface area contributed by atoms with Crippen molar-refractivity contribution >= 4 is 11.8 Å². The largest absolute Gasteiger partial charge is 0.506 e. The van der Waals surface area contributed by atoms with Crippen LogP contribution in [0.3, 0.4) is 0 Å². The summed E-state index contributed by atoms with van der Waals surface area (Å²) in [6.45, 7) is 4.38. The number of benzene rings is 1. The lowest BCUT2D eigenvalue weighted by Crippen LogP contribution is -2.45. The number of alkyl halides is 3. The fraction of sp³-hybridized carbons (Fsp3) is 0.379. The lowest BCUT2D eigenvalue weighted by molar-refractivity contribution is -0.141. The summed E-state index contributed by atoms with van der Waals surface area (Å²) >= 11 is 0. The fourth-order valence-corrected chi connectivity index (χ4v) is 5.93. The molecule has 1 aliphatic carbocycles. The highest BCUT2D eigenvalue weighted by Gasteiger charge is 2.41. The van der Waals surface area contributed by atoms with Gasteiger partial charge in [0, 0.05) is 44.2 Å². The Bertz CT molecular complexity index is 1490. The number of pyridine rings is 1. The van der Waals surface area contributed by atoms with Crippen molar-refractivity contribution < 1.29 is 27.9 Å². The highest BCUT2D eigenvalue weighted by Crippen LogP contribution is 2.41. The van der Waals surface area contributed by atoms with E-state index in [0.717, 1.165) is 48.0 Å². The molecule has 1 fully saturated rings. The number of hydrogen-bond donors (Lipinski definition) is 1. The molecule has 3 aromatic rings. The van der Waals surface area contributed by atoms with Crippen LogP contribution in [0.4, 0.5) is 13.2 Å². The van der Waals surface area contributed by atoms with Crippen molar-refractivity contribution in [1.29, 1.82) is 0 Å². The molecule has 0 radical (unpaired) electrons. The number of carbonyl (C=O) groups excluding carboxylic acids is 2. The molecule has 6 rings (SSSR count). The maximum Gasteiger partial charge on any atom is 0.433 e. The van der Waals surface area contributed by atoms with E-state index in [0.29, 0.717) is 36.7 Å². The van der Waals surface area contributed by atoms with Crippen LogP contribution in [0.25, 0.3) is 5.69 Å². The number of rotatable bonds is 4. The quantitative estimate of drug-likeness (QED) is 0.480. The predicted octanol–water partition coefficient (Wildman–Crippen LogP) is 4.57. The molecule has 1 atom stereocenters. The first kappa shape index (κ1) is 26.1. The zero-order chi connectivity index (χ0) is 28.2. The van der Waals surface area contributed by atoms with Gasteiger partial charge in [0.1, 0.15) is 17.1 Å². The van der Waals surface area contributed by atoms with Crippen LogP contribution in [-0.4, -0.2) is 61.1 Å². The highest BCUT2D eigenvalue weighted by atomic mass is 19.4. The van der Waals surface area contributed by atoms with E-state index < -0.39 is 23.8 Å². The maximum absolute atomic E-state index is 13.6. The monoisotopic (exact) mass is 551 g/mol. The van der Waals surface area contributed by atoms with Crippen molar-refractivity contribution in [3.05, 3.63) is 83.0 Å². The Hall–Kier alpha value is -4.15. The molecule has 0 bridgehead atoms. The molecule has 11 heteroatoms. The number of phenols is 1. The van der Waals surface area contributed by atoms with E-state index in [9.17, 15) is 27.9 Å². The molecule has 208 valence electrons. The van der Waals surface area contributed by atoms with Gasteiger partial charge in [-0.25, -0.2) is 4.68 Å². The van der Waals surface area contributed by atoms with Gasteiger partial charge >= 0.3 is 6.18 Å². The number of amides is 2. The van der Waals surface area contributed by atoms with Gasteiger partial charge in [0.15, 0.2) is 0 Å². The van der Waals surface area contributed by atoms with Gasteiger partial charge in [0.2, 0.25) is 5.91 Å². The van der Waals surface area contributed by atoms with Crippen molar-refractivity contribution in [1.82, 2.24) is 24.6 Å². The summed E-state index contributed by atoms with van der Waals surface area (Å²) in [5.74, 6) is -0.161. The van der Waals surface area contributed by atoms with Crippen molar-refractivity contribution in [2.24, 2.45) is 0 Å². The van der Waals surface area contributed by atoms with E-state index in [1.54, 1.807) is 20.5 Å². The first-order valence-electron chi connectivity index (χ1n) is 13.3. The van der Waals surface area contributed by atoms with Crippen molar-refractivity contribution in [3.8, 4) is 11.4 Å². The SMILES string of the molecule is C=CC(=O)N1CCc2nn(-c3ccc(C4CCC4)cc3O)c3c2[C@H](C1)N(C(=O)c1ccc(C(F)(F)F)nc1)CC3. The van der Waals surface area contributed by atoms with E-state index in [1.807, 2.05) is 12.1 Å². The first-order chi connectivity index (χ1) is 19.2. The summed E-state index contributed by atoms with van der Waals surface area (Å²) in [7, 11) is 0. The molecule has 2 aromatic heterocycles. The molecule has 8 nitrogen and oxygen atoms in total. The number of aromatic hydroxyl groups is 1. The van der Waals surface area contributed by atoms with Crippen LogP contribution in [0.2, 0.25) is 0 Å². The summed E-state index contributed by atoms with van der Waals surface area (Å²) < 4.78 is 40.8. The molecule has 0 spiro atoms. The van der Waals surface area contributed by atoms with Crippen LogP contribution >= 0.6 is 0 Å². The molecule has 1 N–H and O–H groups in total. The standard InChI is InChI=1S/C29H28F3N5O3/c1-2-26(39)35-12-10-20-27-22(37(34-20)21-8-6-18(14-24(21)38)17-4-3-5-17)11-13-36(23(27)16-35)28(40)19-7-9-25(33-15-19)29(30,31)32/h2,6-9,14-15,17,23,38H,1,3-5,10-13,16H2/t23-/m0/s1. The van der Waals surface area contributed by atoms with Crippen LogP contribution < -0.4 is 0 Å². The number of nitrogens with zero attached hydrogens (tertiary/aromatic N) is 5. The Balaban J connectivity index is 1.38. The van der Waals surface area contributed by atoms with Crippen molar-refractivity contribution in [2.75, 3.05) is 19.6 Å². The van der Waals surface area contributed by atoms with Gasteiger partial charge in [0.25, 0.3) is 5.91 Å². The zero-order valence-electron chi connectivity index (χ0n) is 21.7. The molecule has 1 aromatic carbocycles. The Morgan fingerprint density at radius 2 is 1.90 bits per heavy atom. The molecule has 0 unspecified atom stereocenters. The Kier molecular flexibility index (Phi) is 6.39. The Labute approximate surface area is 228 Å². The summed E-state index contributed by atoms with van der Waals surface area (Å²) in [4.78, 5) is 32.9. The normalized spacial score (nSPS) is 19.0. The van der Waals surface area contributed by atoms with Gasteiger partial charge in [-0.2, -0.15) is 18.3 Å². The molecular weight excluding hydrogens is 523 g/mol. The van der Waals surface area contributed by atoms with E-state index in [1.165, 1.54) is 12.5 Å². The van der Waals surface area contributed by atoms with Crippen molar-refractivity contribution in [3.63, 3.8) is 0 Å². The number of hydrogen-bond acceptors (Lipinski definition) is 5. The van der Waals surface area contributed by atoms with Gasteiger partial charge < -0.3 is 14.9 Å². The topological polar surface area (TPSA) is 91.6 Å². The van der Waals surface area contributed by atoms with Crippen LogP contribution in [0, 0.1) is 0 Å². The molecule has 2 aliphatic heterocycles. The van der Waals surface area contributed by atoms with Crippen LogP contribution in [-0.2, 0) is 23.8 Å². The second kappa shape index (κ2) is 9.79. The van der Waals surface area contributed by atoms with E-state index in [4.69, 9.17) is 5.10 Å². The van der Waals surface area contributed by atoms with Gasteiger partial charge in [-0.05, 0) is 54.7 Å². The molecule has 2 amide bonds. The minimum atomic E-state index is -4.61. The number of carbonyl (C=O) groups is 2. The van der Waals surface area contributed by atoms with E-state index in [-0.39, 0.29) is 30.3 Å². The van der Waals surface area contributed by atoms with Crippen LogP contribution in [0.15, 0.2) is 49.2 Å². The molecule has 0 saturated heterocycles. The minimum Gasteiger partial charge on any atom is -0.506 e. The Morgan fingerprint density at radius 3 is 2.52 bits per heavy atom. The summed E-state index contributed by atoms with van der Waals surface area (Å²) in [5.41, 5.74) is 2.97. The average Bonchev–Trinajstić information content (AvgIpc) is 3.16. The second-order valence-electron chi connectivity index (χ2n) is 10.5. The average molecular weight is 552 g/mol. The fourth-order valence-electron chi connectivity index (χ4n) is 5.93. The van der Waals surface area contributed by atoms with Crippen molar-refractivity contribution in [2.45, 2.75) is 50.2 Å². The lowest BCUT2D eigenvalue weighted by atomic mass is 9.80. The maximum atomic E-state index is 13.6. The third-order valence-electron chi connectivity index (χ3n) is 8.26. The number of aromatic nitrogens is 3. The second-order valence-corrected chi connectivity index (χ2v) is 10.5. The van der Waals surface area contributed by atoms with Gasteiger partial charge in [-0.1, -0.05) is 19.1 Å². The molecule has 4 heterocycles. The lowest BCUT2D eigenvalue weighted by Gasteiger charge is -2.37. The third-order valence-corrected chi connectivity index (χ3v) is 8.26. The molecule has 3 aliphatic rings. The summed E-state index contributed by atoms with van der Waals surface area (Å²) in [6.07, 6.45) is 1.82. The zero-order valence-corrected chi connectivity index (χ0v) is 21.7. The van der Waals surface area contributed by atoms with E-state index >= 15 is 0 Å². The van der Waals surface area contributed by atoms with Crippen LogP contribution in [0.5, 0.6) is 5.75 Å². The van der Waals surface area contributed by atoms with Gasteiger partial charge in [-0.15, -0.1) is 0 Å². The third kappa shape index (κ3) is 4.43. The summed E-state index contributed by atoms with van der Waals surface area (Å²) in [5, 5.41) is 15.8. The predicted molar refractivity (Wildman–Crippen MR) is 139 cm³/mol. The number of halogens is 3. The molecule has 40 heavy (non-hydrogen) atoms.